The average molecular weight is 340 g/mol. The minimum absolute atomic E-state index is 0.236. The lowest BCUT2D eigenvalue weighted by Crippen LogP contribution is -2.21. The molecule has 20 heavy (non-hydrogen) atoms. The molecule has 1 unspecified atom stereocenters. The molecule has 1 N–H and O–H groups in total. The smallest absolute Gasteiger partial charge is 0.0766 e. The number of aromatic nitrogens is 4. The molecule has 0 aromatic carbocycles. The molecule has 0 bridgehead atoms. The molecule has 6 heteroatoms. The molecule has 5 nitrogen and oxygen atoms in total. The van der Waals surface area contributed by atoms with Gasteiger partial charge in [-0.3, -0.25) is 9.36 Å². The second-order valence-corrected chi connectivity index (χ2v) is 5.83. The zero-order valence-electron chi connectivity index (χ0n) is 12.7. The zero-order valence-corrected chi connectivity index (χ0v) is 14.3. The van der Waals surface area contributed by atoms with Gasteiger partial charge in [0.2, 0.25) is 0 Å². The van der Waals surface area contributed by atoms with Crippen molar-refractivity contribution in [3.8, 4) is 0 Å². The lowest BCUT2D eigenvalue weighted by atomic mass is 10.0. The first-order valence-electron chi connectivity index (χ1n) is 6.85. The van der Waals surface area contributed by atoms with Crippen LogP contribution in [-0.2, 0) is 26.9 Å². The van der Waals surface area contributed by atoms with Gasteiger partial charge in [-0.25, -0.2) is 0 Å². The molecule has 1 atom stereocenters. The Morgan fingerprint density at radius 2 is 2.05 bits per heavy atom. The van der Waals surface area contributed by atoms with Crippen LogP contribution in [0.15, 0.2) is 10.7 Å². The van der Waals surface area contributed by atoms with E-state index in [1.165, 1.54) is 17.0 Å². The Balaban J connectivity index is 2.32. The molecule has 0 saturated heterocycles. The van der Waals surface area contributed by atoms with Crippen LogP contribution in [0, 0.1) is 6.92 Å². The van der Waals surface area contributed by atoms with E-state index in [1.807, 2.05) is 36.7 Å². The molecule has 2 rings (SSSR count). The topological polar surface area (TPSA) is 47.7 Å². The highest BCUT2D eigenvalue weighted by Crippen LogP contribution is 2.27. The second-order valence-electron chi connectivity index (χ2n) is 5.04. The summed E-state index contributed by atoms with van der Waals surface area (Å²) >= 11 is 3.68. The highest BCUT2D eigenvalue weighted by Gasteiger charge is 2.20. The molecule has 0 amide bonds. The molecule has 0 aliphatic heterocycles. The van der Waals surface area contributed by atoms with Gasteiger partial charge in [0.1, 0.15) is 0 Å². The van der Waals surface area contributed by atoms with E-state index in [9.17, 15) is 0 Å². The Morgan fingerprint density at radius 3 is 2.50 bits per heavy atom. The molecule has 0 saturated carbocycles. The number of nitrogens with zero attached hydrogens (tertiary/aromatic N) is 4. The number of hydrogen-bond acceptors (Lipinski definition) is 3. The minimum Gasteiger partial charge on any atom is -0.313 e. The number of halogens is 1. The molecule has 0 fully saturated rings. The summed E-state index contributed by atoms with van der Waals surface area (Å²) < 4.78 is 5.01. The van der Waals surface area contributed by atoms with Gasteiger partial charge in [0, 0.05) is 37.8 Å². The van der Waals surface area contributed by atoms with E-state index in [-0.39, 0.29) is 6.04 Å². The van der Waals surface area contributed by atoms with Gasteiger partial charge in [0.05, 0.1) is 22.1 Å². The summed E-state index contributed by atoms with van der Waals surface area (Å²) in [6.45, 7) is 4.22. The highest BCUT2D eigenvalue weighted by molar-refractivity contribution is 9.10. The molecular formula is C14H22BrN5. The van der Waals surface area contributed by atoms with E-state index in [4.69, 9.17) is 0 Å². The number of nitrogens with one attached hydrogen (secondary N) is 1. The van der Waals surface area contributed by atoms with Gasteiger partial charge in [-0.2, -0.15) is 10.2 Å². The van der Waals surface area contributed by atoms with Crippen LogP contribution < -0.4 is 5.32 Å². The van der Waals surface area contributed by atoms with Gasteiger partial charge in [0.15, 0.2) is 0 Å². The van der Waals surface area contributed by atoms with Crippen molar-refractivity contribution in [1.82, 2.24) is 24.9 Å². The van der Waals surface area contributed by atoms with E-state index in [1.54, 1.807) is 0 Å². The molecule has 0 spiro atoms. The van der Waals surface area contributed by atoms with Crippen LogP contribution in [0.3, 0.4) is 0 Å². The molecule has 0 aliphatic carbocycles. The number of rotatable bonds is 5. The van der Waals surface area contributed by atoms with Crippen LogP contribution >= 0.6 is 15.9 Å². The highest BCUT2D eigenvalue weighted by atomic mass is 79.9. The van der Waals surface area contributed by atoms with Crippen LogP contribution in [0.2, 0.25) is 0 Å². The Kier molecular flexibility index (Phi) is 4.65. The van der Waals surface area contributed by atoms with Crippen molar-refractivity contribution < 1.29 is 0 Å². The summed E-state index contributed by atoms with van der Waals surface area (Å²) in [5, 5.41) is 12.3. The van der Waals surface area contributed by atoms with Gasteiger partial charge in [-0.15, -0.1) is 0 Å². The maximum atomic E-state index is 4.56. The second kappa shape index (κ2) is 6.10. The Morgan fingerprint density at radius 1 is 1.35 bits per heavy atom. The Labute approximate surface area is 128 Å². The third-order valence-electron chi connectivity index (χ3n) is 3.90. The monoisotopic (exact) mass is 339 g/mol. The fourth-order valence-electron chi connectivity index (χ4n) is 2.46. The van der Waals surface area contributed by atoms with Crippen molar-refractivity contribution in [1.29, 1.82) is 0 Å². The fraction of sp³-hybridized carbons (Fsp3) is 0.571. The maximum Gasteiger partial charge on any atom is 0.0766 e. The fourth-order valence-corrected chi connectivity index (χ4v) is 3.24. The number of likely N-dealkylation sites (N-methyl/N-ethyl adjacent to an activating group) is 1. The molecular weight excluding hydrogens is 318 g/mol. The summed E-state index contributed by atoms with van der Waals surface area (Å²) in [7, 11) is 5.96. The summed E-state index contributed by atoms with van der Waals surface area (Å²) in [5.41, 5.74) is 4.75. The predicted octanol–water partition coefficient (Wildman–Crippen LogP) is 2.29. The van der Waals surface area contributed by atoms with Crippen molar-refractivity contribution in [2.45, 2.75) is 32.7 Å². The molecule has 2 heterocycles. The molecule has 2 aromatic rings. The van der Waals surface area contributed by atoms with Crippen LogP contribution in [0.4, 0.5) is 0 Å². The number of hydrogen-bond donors (Lipinski definition) is 1. The van der Waals surface area contributed by atoms with Crippen molar-refractivity contribution in [3.63, 3.8) is 0 Å². The SMILES string of the molecule is CCc1nn(C)c(CC(NC)c2cnn(C)c2C)c1Br. The molecule has 0 radical (unpaired) electrons. The zero-order chi connectivity index (χ0) is 14.9. The quantitative estimate of drug-likeness (QED) is 0.909. The standard InChI is InChI=1S/C14H22BrN5/c1-6-11-14(15)13(20(5)18-11)7-12(16-3)10-8-17-19(4)9(10)2/h8,12,16H,6-7H2,1-5H3. The first-order chi connectivity index (χ1) is 9.49. The minimum atomic E-state index is 0.236. The Hall–Kier alpha value is -1.14. The van der Waals surface area contributed by atoms with Crippen LogP contribution in [-0.4, -0.2) is 26.6 Å². The summed E-state index contributed by atoms with van der Waals surface area (Å²) in [6, 6.07) is 0.236. The van der Waals surface area contributed by atoms with Crippen LogP contribution in [0.5, 0.6) is 0 Å². The summed E-state index contributed by atoms with van der Waals surface area (Å²) in [5.74, 6) is 0. The largest absolute Gasteiger partial charge is 0.313 e. The lowest BCUT2D eigenvalue weighted by Gasteiger charge is -2.16. The third-order valence-corrected chi connectivity index (χ3v) is 4.81. The van der Waals surface area contributed by atoms with Crippen molar-refractivity contribution in [2.75, 3.05) is 7.05 Å². The van der Waals surface area contributed by atoms with E-state index in [2.05, 4.69) is 45.3 Å². The number of aryl methyl sites for hydroxylation is 3. The first-order valence-corrected chi connectivity index (χ1v) is 7.64. The third kappa shape index (κ3) is 2.67. The van der Waals surface area contributed by atoms with Gasteiger partial charge in [0.25, 0.3) is 0 Å². The van der Waals surface area contributed by atoms with Gasteiger partial charge >= 0.3 is 0 Å². The van der Waals surface area contributed by atoms with E-state index in [0.717, 1.165) is 23.0 Å². The van der Waals surface area contributed by atoms with E-state index < -0.39 is 0 Å². The molecule has 2 aromatic heterocycles. The summed E-state index contributed by atoms with van der Waals surface area (Å²) in [6.07, 6.45) is 3.76. The van der Waals surface area contributed by atoms with E-state index >= 15 is 0 Å². The normalized spacial score (nSPS) is 12.9. The van der Waals surface area contributed by atoms with Crippen molar-refractivity contribution >= 4 is 15.9 Å². The Bertz CT molecular complexity index is 599. The predicted molar refractivity (Wildman–Crippen MR) is 83.7 cm³/mol. The maximum absolute atomic E-state index is 4.56. The van der Waals surface area contributed by atoms with Gasteiger partial charge < -0.3 is 5.32 Å². The van der Waals surface area contributed by atoms with Crippen molar-refractivity contribution in [2.24, 2.45) is 14.1 Å². The van der Waals surface area contributed by atoms with E-state index in [0.29, 0.717) is 0 Å². The lowest BCUT2D eigenvalue weighted by molar-refractivity contribution is 0.556. The van der Waals surface area contributed by atoms with Gasteiger partial charge in [-0.05, 0) is 36.3 Å². The molecule has 110 valence electrons. The summed E-state index contributed by atoms with van der Waals surface area (Å²) in [4.78, 5) is 0. The first kappa shape index (κ1) is 15.3. The van der Waals surface area contributed by atoms with Gasteiger partial charge in [-0.1, -0.05) is 6.92 Å². The van der Waals surface area contributed by atoms with Crippen LogP contribution in [0.1, 0.15) is 35.6 Å². The average Bonchev–Trinajstić information content (AvgIpc) is 2.90. The van der Waals surface area contributed by atoms with Crippen LogP contribution in [0.25, 0.3) is 0 Å². The van der Waals surface area contributed by atoms with Crippen molar-refractivity contribution in [3.05, 3.63) is 33.3 Å². The molecule has 0 aliphatic rings.